The Hall–Kier alpha value is 0.883. The van der Waals surface area contributed by atoms with Gasteiger partial charge in [0.25, 0.3) is 0 Å². The van der Waals surface area contributed by atoms with E-state index in [1.54, 1.807) is 0 Å². The van der Waals surface area contributed by atoms with Crippen LogP contribution >= 0.6 is 0 Å². The van der Waals surface area contributed by atoms with Crippen LogP contribution in [0.1, 0.15) is 25.7 Å². The SMILES string of the molecule is [CH2-][C@@H]1CCCC[C@@H]1[CH2-].[CH]1[CH][CH][CH][CH]1.[CH]1[CH][CH][CH][CH]1.[Zr+2]. The topological polar surface area (TPSA) is 0 Å². The molecule has 19 heavy (non-hydrogen) atoms. The minimum absolute atomic E-state index is 0. The van der Waals surface area contributed by atoms with Gasteiger partial charge in [0, 0.05) is 0 Å². The van der Waals surface area contributed by atoms with E-state index in [0.717, 1.165) is 0 Å². The maximum Gasteiger partial charge on any atom is 2.00 e. The summed E-state index contributed by atoms with van der Waals surface area (Å²) in [7, 11) is 0. The van der Waals surface area contributed by atoms with Crippen molar-refractivity contribution in [3.05, 3.63) is 78.1 Å². The van der Waals surface area contributed by atoms with Gasteiger partial charge in [-0.15, -0.1) is 0 Å². The Kier molecular flexibility index (Phi) is 14.5. The molecule has 0 aromatic carbocycles. The summed E-state index contributed by atoms with van der Waals surface area (Å²) in [4.78, 5) is 0. The second kappa shape index (κ2) is 13.8. The molecule has 2 atom stereocenters. The van der Waals surface area contributed by atoms with Gasteiger partial charge in [-0.1, -0.05) is 25.7 Å². The van der Waals surface area contributed by atoms with E-state index in [4.69, 9.17) is 0 Å². The van der Waals surface area contributed by atoms with Crippen molar-refractivity contribution in [2.24, 2.45) is 11.8 Å². The first-order chi connectivity index (χ1) is 8.80. The molecule has 1 heteroatoms. The Morgan fingerprint density at radius 1 is 0.526 bits per heavy atom. The smallest absolute Gasteiger partial charge is 0.342 e. The van der Waals surface area contributed by atoms with E-state index in [2.05, 4.69) is 13.8 Å². The summed E-state index contributed by atoms with van der Waals surface area (Å²) >= 11 is 0. The molecule has 0 N–H and O–H groups in total. The van der Waals surface area contributed by atoms with E-state index in [1.165, 1.54) is 25.7 Å². The Balaban J connectivity index is 0.000000259. The molecular formula is C18H24Zr. The van der Waals surface area contributed by atoms with Crippen LogP contribution in [0.3, 0.4) is 0 Å². The predicted molar refractivity (Wildman–Crippen MR) is 79.2 cm³/mol. The molecule has 3 fully saturated rings. The van der Waals surface area contributed by atoms with Crippen LogP contribution in [0.5, 0.6) is 0 Å². The van der Waals surface area contributed by atoms with Gasteiger partial charge in [-0.25, -0.2) is 0 Å². The van der Waals surface area contributed by atoms with E-state index < -0.39 is 0 Å². The molecule has 0 heterocycles. The van der Waals surface area contributed by atoms with Crippen LogP contribution in [0.4, 0.5) is 0 Å². The van der Waals surface area contributed by atoms with Crippen LogP contribution in [0, 0.1) is 89.9 Å². The van der Waals surface area contributed by atoms with Gasteiger partial charge in [0.1, 0.15) is 0 Å². The van der Waals surface area contributed by atoms with Crippen molar-refractivity contribution in [1.82, 2.24) is 0 Å². The standard InChI is InChI=1S/C8H14.2C5H5.Zr/c1-7-5-3-4-6-8(7)2;2*1-2-4-5-3-1;/h7-8H,1-6H2;2*1-5H;/q-2;;;+2/t7-,8+;;;. The maximum atomic E-state index is 4.02. The average Bonchev–Trinajstić information content (AvgIpc) is 3.11. The minimum atomic E-state index is 0. The molecule has 3 rings (SSSR count). The third kappa shape index (κ3) is 11.2. The molecule has 0 saturated heterocycles. The molecule has 3 aliphatic carbocycles. The Morgan fingerprint density at radius 3 is 0.895 bits per heavy atom. The van der Waals surface area contributed by atoms with Crippen molar-refractivity contribution in [2.75, 3.05) is 0 Å². The molecular weight excluding hydrogens is 307 g/mol. The number of rotatable bonds is 0. The molecule has 3 saturated carbocycles. The Morgan fingerprint density at radius 2 is 0.737 bits per heavy atom. The molecule has 100 valence electrons. The molecule has 0 nitrogen and oxygen atoms in total. The molecule has 0 aromatic rings. The summed E-state index contributed by atoms with van der Waals surface area (Å²) < 4.78 is 0. The predicted octanol–water partition coefficient (Wildman–Crippen LogP) is 4.50. The third-order valence-corrected chi connectivity index (χ3v) is 3.18. The van der Waals surface area contributed by atoms with Crippen molar-refractivity contribution in [1.29, 1.82) is 0 Å². The molecule has 0 aromatic heterocycles. The summed E-state index contributed by atoms with van der Waals surface area (Å²) in [6.45, 7) is 8.03. The van der Waals surface area contributed by atoms with Crippen molar-refractivity contribution < 1.29 is 26.2 Å². The fraction of sp³-hybridized carbons (Fsp3) is 0.333. The van der Waals surface area contributed by atoms with Crippen LogP contribution in [-0.4, -0.2) is 0 Å². The molecule has 0 spiro atoms. The zero-order valence-corrected chi connectivity index (χ0v) is 14.1. The molecule has 3 aliphatic rings. The van der Waals surface area contributed by atoms with E-state index in [1.807, 2.05) is 64.2 Å². The minimum Gasteiger partial charge on any atom is -0.342 e. The van der Waals surface area contributed by atoms with Crippen LogP contribution in [0.2, 0.25) is 0 Å². The molecule has 0 aliphatic heterocycles. The van der Waals surface area contributed by atoms with Crippen molar-refractivity contribution in [3.63, 3.8) is 0 Å². The van der Waals surface area contributed by atoms with Crippen LogP contribution < -0.4 is 0 Å². The summed E-state index contributed by atoms with van der Waals surface area (Å²) in [6.07, 6.45) is 25.3. The van der Waals surface area contributed by atoms with Crippen LogP contribution in [0.25, 0.3) is 0 Å². The summed E-state index contributed by atoms with van der Waals surface area (Å²) in [5.41, 5.74) is 0. The fourth-order valence-electron chi connectivity index (χ4n) is 1.93. The monoisotopic (exact) mass is 330 g/mol. The zero-order chi connectivity index (χ0) is 13.1. The number of hydrogen-bond donors (Lipinski definition) is 0. The first-order valence-corrected chi connectivity index (χ1v) is 6.80. The fourth-order valence-corrected chi connectivity index (χ4v) is 1.93. The van der Waals surface area contributed by atoms with Gasteiger partial charge in [0.05, 0.1) is 0 Å². The van der Waals surface area contributed by atoms with Gasteiger partial charge in [0.15, 0.2) is 0 Å². The zero-order valence-electron chi connectivity index (χ0n) is 11.7. The van der Waals surface area contributed by atoms with Gasteiger partial charge in [-0.3, -0.25) is 0 Å². The molecule has 0 amide bonds. The van der Waals surface area contributed by atoms with E-state index in [-0.39, 0.29) is 26.2 Å². The van der Waals surface area contributed by atoms with Crippen LogP contribution in [-0.2, 0) is 26.2 Å². The summed E-state index contributed by atoms with van der Waals surface area (Å²) in [5.74, 6) is 1.28. The second-order valence-electron chi connectivity index (χ2n) is 4.73. The van der Waals surface area contributed by atoms with Crippen molar-refractivity contribution in [3.8, 4) is 0 Å². The molecule has 0 unspecified atom stereocenters. The largest absolute Gasteiger partial charge is 2.00 e. The first kappa shape index (κ1) is 19.9. The van der Waals surface area contributed by atoms with Gasteiger partial charge in [-0.05, 0) is 64.2 Å². The third-order valence-electron chi connectivity index (χ3n) is 3.18. The van der Waals surface area contributed by atoms with Gasteiger partial charge < -0.3 is 13.8 Å². The van der Waals surface area contributed by atoms with Crippen LogP contribution in [0.15, 0.2) is 0 Å². The number of hydrogen-bond acceptors (Lipinski definition) is 0. The van der Waals surface area contributed by atoms with Gasteiger partial charge in [0.2, 0.25) is 0 Å². The van der Waals surface area contributed by atoms with Gasteiger partial charge >= 0.3 is 26.2 Å². The maximum absolute atomic E-state index is 4.02. The quantitative estimate of drug-likeness (QED) is 0.573. The summed E-state index contributed by atoms with van der Waals surface area (Å²) in [5, 5.41) is 0. The second-order valence-corrected chi connectivity index (χ2v) is 4.73. The first-order valence-electron chi connectivity index (χ1n) is 6.80. The average molecular weight is 332 g/mol. The van der Waals surface area contributed by atoms with E-state index in [0.29, 0.717) is 11.8 Å². The van der Waals surface area contributed by atoms with E-state index in [9.17, 15) is 0 Å². The van der Waals surface area contributed by atoms with Crippen molar-refractivity contribution >= 4 is 0 Å². The van der Waals surface area contributed by atoms with Crippen molar-refractivity contribution in [2.45, 2.75) is 25.7 Å². The van der Waals surface area contributed by atoms with Gasteiger partial charge in [-0.2, -0.15) is 11.8 Å². The Bertz CT molecular complexity index is 135. The normalized spacial score (nSPS) is 29.4. The molecule has 0 bridgehead atoms. The van der Waals surface area contributed by atoms with E-state index >= 15 is 0 Å². The summed E-state index contributed by atoms with van der Waals surface area (Å²) in [6, 6.07) is 0. The molecule has 10 radical (unpaired) electrons. The Labute approximate surface area is 141 Å².